The SMILES string of the molecule is CC(=C=O)/C(O)=C/O. The van der Waals surface area contributed by atoms with Crippen LogP contribution in [0.25, 0.3) is 0 Å². The Morgan fingerprint density at radius 2 is 2.25 bits per heavy atom. The zero-order chi connectivity index (χ0) is 6.57. The molecule has 8 heavy (non-hydrogen) atoms. The maximum absolute atomic E-state index is 9.63. The third kappa shape index (κ3) is 1.49. The Morgan fingerprint density at radius 1 is 1.75 bits per heavy atom. The second-order valence-corrected chi connectivity index (χ2v) is 1.24. The van der Waals surface area contributed by atoms with Gasteiger partial charge in [0.05, 0.1) is 5.57 Å². The molecule has 0 saturated carbocycles. The minimum absolute atomic E-state index is 0.00694. The predicted octanol–water partition coefficient (Wildman–Crippen LogP) is 0.722. The summed E-state index contributed by atoms with van der Waals surface area (Å²) < 4.78 is 0. The number of rotatable bonds is 1. The molecule has 0 rings (SSSR count). The Hall–Kier alpha value is -1.21. The van der Waals surface area contributed by atoms with Gasteiger partial charge in [0.2, 0.25) is 0 Å². The Morgan fingerprint density at radius 3 is 2.38 bits per heavy atom. The van der Waals surface area contributed by atoms with Crippen LogP contribution in [-0.4, -0.2) is 16.2 Å². The molecule has 2 N–H and O–H groups in total. The molecular formula is C5H6O3. The maximum atomic E-state index is 9.63. The quantitative estimate of drug-likeness (QED) is 0.300. The summed E-state index contributed by atoms with van der Waals surface area (Å²) in [6.45, 7) is 1.34. The summed E-state index contributed by atoms with van der Waals surface area (Å²) >= 11 is 0. The standard InChI is InChI=1S/C5H6O3/c1-4(2-6)5(8)3-7/h3,7-8H,1H3/b5-3-. The normalized spacial score (nSPS) is 10.4. The van der Waals surface area contributed by atoms with E-state index in [1.54, 1.807) is 0 Å². The Labute approximate surface area is 46.6 Å². The molecule has 0 spiro atoms. The Bertz CT molecular complexity index is 151. The van der Waals surface area contributed by atoms with Crippen LogP contribution in [0.3, 0.4) is 0 Å². The van der Waals surface area contributed by atoms with Gasteiger partial charge in [-0.05, 0) is 6.92 Å². The number of aliphatic hydroxyl groups excluding tert-OH is 2. The van der Waals surface area contributed by atoms with Crippen molar-refractivity contribution in [2.24, 2.45) is 0 Å². The van der Waals surface area contributed by atoms with Crippen molar-refractivity contribution in [1.29, 1.82) is 0 Å². The van der Waals surface area contributed by atoms with Gasteiger partial charge in [-0.1, -0.05) is 0 Å². The van der Waals surface area contributed by atoms with Crippen molar-refractivity contribution in [3.8, 4) is 0 Å². The van der Waals surface area contributed by atoms with E-state index in [2.05, 4.69) is 0 Å². The molecule has 0 amide bonds. The molecule has 0 aromatic rings. The van der Waals surface area contributed by atoms with Crippen molar-refractivity contribution in [3.05, 3.63) is 17.6 Å². The predicted molar refractivity (Wildman–Crippen MR) is 28.2 cm³/mol. The van der Waals surface area contributed by atoms with Crippen LogP contribution in [0.2, 0.25) is 0 Å². The van der Waals surface area contributed by atoms with Crippen LogP contribution >= 0.6 is 0 Å². The van der Waals surface area contributed by atoms with Gasteiger partial charge in [-0.15, -0.1) is 0 Å². The molecule has 0 aromatic heterocycles. The first-order valence-electron chi connectivity index (χ1n) is 1.97. The molecule has 0 saturated heterocycles. The third-order valence-corrected chi connectivity index (χ3v) is 0.660. The van der Waals surface area contributed by atoms with Crippen molar-refractivity contribution >= 4 is 5.94 Å². The van der Waals surface area contributed by atoms with Gasteiger partial charge in [0.15, 0.2) is 5.76 Å². The Balaban J connectivity index is 4.27. The molecule has 0 aliphatic heterocycles. The molecule has 3 heteroatoms. The van der Waals surface area contributed by atoms with Gasteiger partial charge in [-0.2, -0.15) is 0 Å². The highest BCUT2D eigenvalue weighted by Gasteiger charge is 1.93. The summed E-state index contributed by atoms with van der Waals surface area (Å²) in [5, 5.41) is 16.5. The van der Waals surface area contributed by atoms with E-state index in [0.29, 0.717) is 6.26 Å². The van der Waals surface area contributed by atoms with Crippen molar-refractivity contribution in [2.75, 3.05) is 0 Å². The molecule has 0 heterocycles. The lowest BCUT2D eigenvalue weighted by molar-refractivity contribution is 0.371. The average Bonchev–Trinajstić information content (AvgIpc) is 1.84. The smallest absolute Gasteiger partial charge is 0.163 e. The highest BCUT2D eigenvalue weighted by molar-refractivity contribution is 5.57. The van der Waals surface area contributed by atoms with Gasteiger partial charge in [-0.3, -0.25) is 0 Å². The number of carbonyl (C=O) groups excluding carboxylic acids is 1. The van der Waals surface area contributed by atoms with Crippen molar-refractivity contribution in [2.45, 2.75) is 6.92 Å². The minimum Gasteiger partial charge on any atom is -0.512 e. The fourth-order valence-corrected chi connectivity index (χ4v) is 0.149. The molecule has 44 valence electrons. The van der Waals surface area contributed by atoms with Crippen molar-refractivity contribution < 1.29 is 15.0 Å². The van der Waals surface area contributed by atoms with Gasteiger partial charge in [-0.25, -0.2) is 4.79 Å². The van der Waals surface area contributed by atoms with Crippen LogP contribution in [0, 0.1) is 0 Å². The van der Waals surface area contributed by atoms with Crippen molar-refractivity contribution in [1.82, 2.24) is 0 Å². The maximum Gasteiger partial charge on any atom is 0.163 e. The number of hydrogen-bond acceptors (Lipinski definition) is 3. The van der Waals surface area contributed by atoms with E-state index < -0.39 is 5.76 Å². The first kappa shape index (κ1) is 6.79. The van der Waals surface area contributed by atoms with E-state index in [1.165, 1.54) is 12.9 Å². The largest absolute Gasteiger partial charge is 0.512 e. The van der Waals surface area contributed by atoms with Crippen LogP contribution in [0.5, 0.6) is 0 Å². The highest BCUT2D eigenvalue weighted by atomic mass is 16.3. The highest BCUT2D eigenvalue weighted by Crippen LogP contribution is 1.96. The second-order valence-electron chi connectivity index (χ2n) is 1.24. The van der Waals surface area contributed by atoms with Crippen LogP contribution in [-0.2, 0) is 4.79 Å². The van der Waals surface area contributed by atoms with Crippen molar-refractivity contribution in [3.63, 3.8) is 0 Å². The van der Waals surface area contributed by atoms with Gasteiger partial charge in [0.25, 0.3) is 0 Å². The summed E-state index contributed by atoms with van der Waals surface area (Å²) in [5.41, 5.74) is -0.00694. The minimum atomic E-state index is -0.444. The number of hydrogen-bond donors (Lipinski definition) is 2. The number of allylic oxidation sites excluding steroid dienone is 1. The number of aliphatic hydroxyl groups is 2. The topological polar surface area (TPSA) is 57.5 Å². The fourth-order valence-electron chi connectivity index (χ4n) is 0.149. The van der Waals surface area contributed by atoms with Gasteiger partial charge < -0.3 is 10.2 Å². The lowest BCUT2D eigenvalue weighted by Gasteiger charge is -1.87. The molecule has 0 aliphatic rings. The van der Waals surface area contributed by atoms with Crippen LogP contribution in [0.4, 0.5) is 0 Å². The van der Waals surface area contributed by atoms with Crippen LogP contribution in [0.15, 0.2) is 17.6 Å². The summed E-state index contributed by atoms with van der Waals surface area (Å²) in [6, 6.07) is 0. The summed E-state index contributed by atoms with van der Waals surface area (Å²) in [6.07, 6.45) is 0.445. The van der Waals surface area contributed by atoms with E-state index >= 15 is 0 Å². The molecule has 0 atom stereocenters. The lowest BCUT2D eigenvalue weighted by Crippen LogP contribution is -1.82. The van der Waals surface area contributed by atoms with E-state index in [9.17, 15) is 4.79 Å². The fraction of sp³-hybridized carbons (Fsp3) is 0.200. The van der Waals surface area contributed by atoms with E-state index in [0.717, 1.165) is 0 Å². The summed E-state index contributed by atoms with van der Waals surface area (Å²) in [4.78, 5) is 9.63. The zero-order valence-electron chi connectivity index (χ0n) is 4.38. The van der Waals surface area contributed by atoms with Gasteiger partial charge in [0, 0.05) is 0 Å². The Kier molecular flexibility index (Phi) is 2.45. The molecule has 3 nitrogen and oxygen atoms in total. The molecule has 0 radical (unpaired) electrons. The molecule has 0 aliphatic carbocycles. The molecule has 0 bridgehead atoms. The monoisotopic (exact) mass is 114 g/mol. The van der Waals surface area contributed by atoms with Gasteiger partial charge >= 0.3 is 0 Å². The average molecular weight is 114 g/mol. The summed E-state index contributed by atoms with van der Waals surface area (Å²) in [5.74, 6) is 0.960. The van der Waals surface area contributed by atoms with E-state index in [1.807, 2.05) is 0 Å². The lowest BCUT2D eigenvalue weighted by atomic mass is 10.3. The molecular weight excluding hydrogens is 108 g/mol. The van der Waals surface area contributed by atoms with Crippen LogP contribution in [0.1, 0.15) is 6.92 Å². The third-order valence-electron chi connectivity index (χ3n) is 0.660. The second kappa shape index (κ2) is 2.88. The summed E-state index contributed by atoms with van der Waals surface area (Å²) in [7, 11) is 0. The molecule has 0 unspecified atom stereocenters. The zero-order valence-corrected chi connectivity index (χ0v) is 4.38. The molecule has 0 aromatic carbocycles. The molecule has 0 fully saturated rings. The first-order chi connectivity index (χ1) is 3.72. The van der Waals surface area contributed by atoms with Crippen LogP contribution < -0.4 is 0 Å². The van der Waals surface area contributed by atoms with Gasteiger partial charge in [0.1, 0.15) is 12.2 Å². The first-order valence-corrected chi connectivity index (χ1v) is 1.97. The van der Waals surface area contributed by atoms with E-state index in [-0.39, 0.29) is 5.57 Å². The van der Waals surface area contributed by atoms with E-state index in [4.69, 9.17) is 10.2 Å².